The fourth-order valence-electron chi connectivity index (χ4n) is 1.14. The number of hydrogen-bond donors (Lipinski definition) is 0. The first-order valence-electron chi connectivity index (χ1n) is 3.93. The smallest absolute Gasteiger partial charge is 0.0635 e. The van der Waals surface area contributed by atoms with E-state index in [1.165, 1.54) is 12.8 Å². The molecule has 1 fully saturated rings. The molecule has 0 bridgehead atoms. The van der Waals surface area contributed by atoms with Crippen molar-refractivity contribution in [3.8, 4) is 18.4 Å². The molecule has 0 N–H and O–H groups in total. The summed E-state index contributed by atoms with van der Waals surface area (Å²) in [4.78, 5) is 2.21. The lowest BCUT2D eigenvalue weighted by Gasteiger charge is -2.16. The summed E-state index contributed by atoms with van der Waals surface area (Å²) in [6.45, 7) is 1.54. The van der Waals surface area contributed by atoms with Crippen LogP contribution in [0.4, 0.5) is 0 Å². The van der Waals surface area contributed by atoms with Gasteiger partial charge in [-0.05, 0) is 12.8 Å². The van der Waals surface area contributed by atoms with Crippen LogP contribution < -0.4 is 0 Å². The molecule has 0 unspecified atom stereocenters. The van der Waals surface area contributed by atoms with Crippen LogP contribution in [0.25, 0.3) is 0 Å². The van der Waals surface area contributed by atoms with Crippen LogP contribution in [-0.2, 0) is 0 Å². The van der Waals surface area contributed by atoms with Gasteiger partial charge in [-0.25, -0.2) is 0 Å². The maximum atomic E-state index is 8.36. The molecule has 58 valence electrons. The Morgan fingerprint density at radius 1 is 1.55 bits per heavy atom. The van der Waals surface area contributed by atoms with E-state index >= 15 is 0 Å². The second-order valence-electron chi connectivity index (χ2n) is 2.81. The van der Waals surface area contributed by atoms with Gasteiger partial charge in [0.2, 0.25) is 0 Å². The maximum Gasteiger partial charge on any atom is 0.0635 e. The molecule has 1 aliphatic carbocycles. The molecule has 0 aromatic carbocycles. The average molecular weight is 148 g/mol. The first-order valence-corrected chi connectivity index (χ1v) is 3.93. The summed E-state index contributed by atoms with van der Waals surface area (Å²) in [5.74, 6) is 2.61. The van der Waals surface area contributed by atoms with Crippen molar-refractivity contribution in [2.45, 2.75) is 25.3 Å². The van der Waals surface area contributed by atoms with Gasteiger partial charge in [0.25, 0.3) is 0 Å². The zero-order valence-electron chi connectivity index (χ0n) is 6.58. The summed E-state index contributed by atoms with van der Waals surface area (Å²) in [5.41, 5.74) is 0. The first kappa shape index (κ1) is 8.11. The van der Waals surface area contributed by atoms with Crippen molar-refractivity contribution in [3.63, 3.8) is 0 Å². The molecule has 0 saturated heterocycles. The van der Waals surface area contributed by atoms with E-state index in [2.05, 4.69) is 16.9 Å². The van der Waals surface area contributed by atoms with Gasteiger partial charge in [0.05, 0.1) is 12.6 Å². The highest BCUT2D eigenvalue weighted by Gasteiger charge is 2.27. The molecule has 2 heteroatoms. The van der Waals surface area contributed by atoms with Gasteiger partial charge in [0, 0.05) is 19.0 Å². The Hall–Kier alpha value is -0.990. The Morgan fingerprint density at radius 2 is 2.27 bits per heavy atom. The topological polar surface area (TPSA) is 27.0 Å². The van der Waals surface area contributed by atoms with Crippen molar-refractivity contribution in [2.24, 2.45) is 0 Å². The standard InChI is InChI=1S/C9H12N2/c1-2-7-11(8-3-6-10)9-4-5-9/h1,9H,3-5,7-8H2. The van der Waals surface area contributed by atoms with E-state index in [1.54, 1.807) is 0 Å². The SMILES string of the molecule is C#CCN(CCC#N)C1CC1. The van der Waals surface area contributed by atoms with Gasteiger partial charge in [-0.15, -0.1) is 6.42 Å². The van der Waals surface area contributed by atoms with Crippen LogP contribution in [-0.4, -0.2) is 24.0 Å². The van der Waals surface area contributed by atoms with Crippen molar-refractivity contribution >= 4 is 0 Å². The Bertz CT molecular complexity index is 193. The quantitative estimate of drug-likeness (QED) is 0.556. The van der Waals surface area contributed by atoms with Crippen LogP contribution in [0.1, 0.15) is 19.3 Å². The predicted octanol–water partition coefficient (Wildman–Crippen LogP) is 0.998. The van der Waals surface area contributed by atoms with Gasteiger partial charge in [-0.2, -0.15) is 5.26 Å². The molecule has 0 spiro atoms. The van der Waals surface area contributed by atoms with Crippen LogP contribution in [0.5, 0.6) is 0 Å². The number of nitriles is 1. The summed E-state index contributed by atoms with van der Waals surface area (Å²) < 4.78 is 0. The highest BCUT2D eigenvalue weighted by molar-refractivity contribution is 4.95. The van der Waals surface area contributed by atoms with Gasteiger partial charge in [-0.1, -0.05) is 5.92 Å². The summed E-state index contributed by atoms with van der Waals surface area (Å²) in [7, 11) is 0. The van der Waals surface area contributed by atoms with Gasteiger partial charge in [0.15, 0.2) is 0 Å². The molecule has 1 aliphatic rings. The van der Waals surface area contributed by atoms with Crippen LogP contribution in [0.3, 0.4) is 0 Å². The van der Waals surface area contributed by atoms with Crippen LogP contribution >= 0.6 is 0 Å². The Balaban J connectivity index is 2.23. The normalized spacial score (nSPS) is 15.9. The van der Waals surface area contributed by atoms with E-state index in [0.717, 1.165) is 6.54 Å². The Kier molecular flexibility index (Phi) is 2.95. The lowest BCUT2D eigenvalue weighted by Crippen LogP contribution is -2.27. The molecular weight excluding hydrogens is 136 g/mol. The summed E-state index contributed by atoms with van der Waals surface area (Å²) in [6.07, 6.45) is 8.30. The van der Waals surface area contributed by atoms with E-state index < -0.39 is 0 Å². The molecule has 0 aromatic heterocycles. The summed E-state index contributed by atoms with van der Waals surface area (Å²) >= 11 is 0. The summed E-state index contributed by atoms with van der Waals surface area (Å²) in [5, 5.41) is 8.36. The second kappa shape index (κ2) is 4.01. The number of rotatable bonds is 4. The number of hydrogen-bond acceptors (Lipinski definition) is 2. The third kappa shape index (κ3) is 2.62. The monoisotopic (exact) mass is 148 g/mol. The molecule has 11 heavy (non-hydrogen) atoms. The van der Waals surface area contributed by atoms with E-state index in [0.29, 0.717) is 19.0 Å². The predicted molar refractivity (Wildman–Crippen MR) is 43.7 cm³/mol. The Labute approximate surface area is 67.8 Å². The van der Waals surface area contributed by atoms with Crippen LogP contribution in [0, 0.1) is 23.7 Å². The lowest BCUT2D eigenvalue weighted by molar-refractivity contribution is 0.304. The highest BCUT2D eigenvalue weighted by atomic mass is 15.2. The van der Waals surface area contributed by atoms with Crippen molar-refractivity contribution < 1.29 is 0 Å². The minimum atomic E-state index is 0.595. The van der Waals surface area contributed by atoms with Gasteiger partial charge < -0.3 is 0 Å². The lowest BCUT2D eigenvalue weighted by atomic mass is 10.4. The van der Waals surface area contributed by atoms with E-state index in [9.17, 15) is 0 Å². The fraction of sp³-hybridized carbons (Fsp3) is 0.667. The third-order valence-electron chi connectivity index (χ3n) is 1.87. The van der Waals surface area contributed by atoms with E-state index in [4.69, 9.17) is 11.7 Å². The largest absolute Gasteiger partial charge is 0.288 e. The summed E-state index contributed by atoms with van der Waals surface area (Å²) in [6, 6.07) is 2.81. The number of terminal acetylenes is 1. The van der Waals surface area contributed by atoms with E-state index in [1.807, 2.05) is 0 Å². The maximum absolute atomic E-state index is 8.36. The van der Waals surface area contributed by atoms with Crippen molar-refractivity contribution in [2.75, 3.05) is 13.1 Å². The molecule has 0 atom stereocenters. The molecule has 0 aliphatic heterocycles. The zero-order chi connectivity index (χ0) is 8.10. The van der Waals surface area contributed by atoms with Crippen molar-refractivity contribution in [1.82, 2.24) is 4.90 Å². The first-order chi connectivity index (χ1) is 5.38. The minimum absolute atomic E-state index is 0.595. The van der Waals surface area contributed by atoms with Gasteiger partial charge in [-0.3, -0.25) is 4.90 Å². The third-order valence-corrected chi connectivity index (χ3v) is 1.87. The van der Waals surface area contributed by atoms with Crippen molar-refractivity contribution in [3.05, 3.63) is 0 Å². The van der Waals surface area contributed by atoms with E-state index in [-0.39, 0.29) is 0 Å². The van der Waals surface area contributed by atoms with Crippen LogP contribution in [0.15, 0.2) is 0 Å². The van der Waals surface area contributed by atoms with Gasteiger partial charge >= 0.3 is 0 Å². The molecule has 0 amide bonds. The Morgan fingerprint density at radius 3 is 2.73 bits per heavy atom. The molecule has 1 rings (SSSR count). The zero-order valence-corrected chi connectivity index (χ0v) is 6.58. The number of nitrogens with zero attached hydrogens (tertiary/aromatic N) is 2. The fourth-order valence-corrected chi connectivity index (χ4v) is 1.14. The molecule has 2 nitrogen and oxygen atoms in total. The molecule has 0 heterocycles. The highest BCUT2D eigenvalue weighted by Crippen LogP contribution is 2.26. The minimum Gasteiger partial charge on any atom is -0.288 e. The molecule has 1 saturated carbocycles. The second-order valence-corrected chi connectivity index (χ2v) is 2.81. The molecular formula is C9H12N2. The van der Waals surface area contributed by atoms with Crippen molar-refractivity contribution in [1.29, 1.82) is 5.26 Å². The van der Waals surface area contributed by atoms with Gasteiger partial charge in [0.1, 0.15) is 0 Å². The van der Waals surface area contributed by atoms with Crippen LogP contribution in [0.2, 0.25) is 0 Å². The molecule has 0 radical (unpaired) electrons. The molecule has 0 aromatic rings. The average Bonchev–Trinajstić information content (AvgIpc) is 2.80.